The summed E-state index contributed by atoms with van der Waals surface area (Å²) in [5.74, 6) is -0.578. The lowest BCUT2D eigenvalue weighted by Gasteiger charge is -2.40. The van der Waals surface area contributed by atoms with E-state index in [1.165, 1.54) is 11.3 Å². The molecule has 0 aliphatic carbocycles. The average molecular weight is 520 g/mol. The SMILES string of the molecule is O=C1C(c2cccc(C3CC(Br)=NO3)c2)C([O-])N(Cc2cnc(Cl)s2)c2cccc[n+]21. The number of hydrogen-bond acceptors (Lipinski definition) is 7. The van der Waals surface area contributed by atoms with Crippen LogP contribution in [0.25, 0.3) is 0 Å². The lowest BCUT2D eigenvalue weighted by atomic mass is 9.91. The Morgan fingerprint density at radius 3 is 2.87 bits per heavy atom. The molecular weight excluding hydrogens is 504 g/mol. The van der Waals surface area contributed by atoms with Gasteiger partial charge in [0.15, 0.2) is 10.6 Å². The van der Waals surface area contributed by atoms with Crippen molar-refractivity contribution in [2.45, 2.75) is 31.2 Å². The van der Waals surface area contributed by atoms with Gasteiger partial charge in [-0.15, -0.1) is 11.3 Å². The molecule has 2 aliphatic rings. The van der Waals surface area contributed by atoms with Crippen LogP contribution in [0.3, 0.4) is 0 Å². The largest absolute Gasteiger partial charge is 0.817 e. The number of pyridine rings is 1. The van der Waals surface area contributed by atoms with Crippen LogP contribution in [0.4, 0.5) is 5.82 Å². The van der Waals surface area contributed by atoms with Crippen LogP contribution in [-0.4, -0.2) is 21.7 Å². The van der Waals surface area contributed by atoms with Gasteiger partial charge in [0, 0.05) is 24.9 Å². The molecule has 4 heterocycles. The van der Waals surface area contributed by atoms with Gasteiger partial charge in [0.05, 0.1) is 11.1 Å². The van der Waals surface area contributed by atoms with Crippen molar-refractivity contribution in [2.75, 3.05) is 4.90 Å². The Labute approximate surface area is 195 Å². The van der Waals surface area contributed by atoms with Gasteiger partial charge in [-0.3, -0.25) is 4.90 Å². The van der Waals surface area contributed by atoms with Crippen molar-refractivity contribution >= 4 is 55.2 Å². The van der Waals surface area contributed by atoms with Crippen LogP contribution in [0.15, 0.2) is 60.0 Å². The van der Waals surface area contributed by atoms with Gasteiger partial charge in [0.2, 0.25) is 0 Å². The summed E-state index contributed by atoms with van der Waals surface area (Å²) in [6.45, 7) is 0.318. The Hall–Kier alpha value is -2.33. The van der Waals surface area contributed by atoms with Crippen molar-refractivity contribution < 1.29 is 19.3 Å². The van der Waals surface area contributed by atoms with Gasteiger partial charge in [-0.1, -0.05) is 47.1 Å². The van der Waals surface area contributed by atoms with Gasteiger partial charge in [0.1, 0.15) is 17.1 Å². The molecule has 158 valence electrons. The lowest BCUT2D eigenvalue weighted by Crippen LogP contribution is -2.65. The molecule has 1 aromatic carbocycles. The number of nitrogens with zero attached hydrogens (tertiary/aromatic N) is 4. The highest BCUT2D eigenvalue weighted by Crippen LogP contribution is 2.34. The highest BCUT2D eigenvalue weighted by molar-refractivity contribution is 9.18. The van der Waals surface area contributed by atoms with E-state index >= 15 is 0 Å². The van der Waals surface area contributed by atoms with Crippen LogP contribution >= 0.6 is 38.9 Å². The standard InChI is InChI=1S/C21H16BrClN4O3S/c22-16-9-15(30-25-16)12-4-3-5-13(8-12)18-19(28)26-7-2-1-6-17(26)27(20(18)29)11-14-10-24-21(23)31-14/h1-8,10,15,18,20H,9,11H2. The predicted octanol–water partition coefficient (Wildman–Crippen LogP) is 3.38. The Morgan fingerprint density at radius 1 is 1.29 bits per heavy atom. The molecule has 31 heavy (non-hydrogen) atoms. The summed E-state index contributed by atoms with van der Waals surface area (Å²) < 4.78 is 2.69. The molecule has 5 rings (SSSR count). The molecule has 0 bridgehead atoms. The van der Waals surface area contributed by atoms with E-state index in [2.05, 4.69) is 26.1 Å². The summed E-state index contributed by atoms with van der Waals surface area (Å²) in [5.41, 5.74) is 1.53. The van der Waals surface area contributed by atoms with Gasteiger partial charge >= 0.3 is 5.91 Å². The first-order valence-electron chi connectivity index (χ1n) is 9.57. The Balaban J connectivity index is 1.52. The van der Waals surface area contributed by atoms with Crippen molar-refractivity contribution in [2.24, 2.45) is 5.16 Å². The van der Waals surface area contributed by atoms with Gasteiger partial charge in [-0.05, 0) is 33.1 Å². The minimum Gasteiger partial charge on any atom is -0.817 e. The van der Waals surface area contributed by atoms with E-state index in [0.29, 0.717) is 28.8 Å². The number of halogens is 2. The molecule has 0 amide bonds. The molecule has 0 saturated carbocycles. The zero-order chi connectivity index (χ0) is 21.5. The van der Waals surface area contributed by atoms with Crippen molar-refractivity contribution in [3.63, 3.8) is 0 Å². The number of aromatic nitrogens is 2. The molecule has 7 nitrogen and oxygen atoms in total. The summed E-state index contributed by atoms with van der Waals surface area (Å²) >= 11 is 10.6. The minimum atomic E-state index is -1.31. The number of oxime groups is 1. The van der Waals surface area contributed by atoms with Crippen LogP contribution < -0.4 is 14.6 Å². The average Bonchev–Trinajstić information content (AvgIpc) is 3.39. The number of thiazole rings is 1. The van der Waals surface area contributed by atoms with Gasteiger partial charge in [-0.2, -0.15) is 4.57 Å². The maximum atomic E-state index is 13.7. The fraction of sp³-hybridized carbons (Fsp3) is 0.238. The van der Waals surface area contributed by atoms with E-state index in [1.807, 2.05) is 30.3 Å². The monoisotopic (exact) mass is 518 g/mol. The summed E-state index contributed by atoms with van der Waals surface area (Å²) in [5, 5.41) is 17.6. The van der Waals surface area contributed by atoms with E-state index < -0.39 is 12.1 Å². The molecule has 0 radical (unpaired) electrons. The Kier molecular flexibility index (Phi) is 5.51. The second-order valence-electron chi connectivity index (χ2n) is 7.28. The topological polar surface area (TPSA) is 81.7 Å². The Morgan fingerprint density at radius 2 is 2.13 bits per heavy atom. The van der Waals surface area contributed by atoms with Gasteiger partial charge < -0.3 is 9.94 Å². The number of carbonyl (C=O) groups is 1. The second-order valence-corrected chi connectivity index (χ2v) is 9.89. The smallest absolute Gasteiger partial charge is 0.324 e. The normalized spacial score (nSPS) is 22.8. The number of benzene rings is 1. The van der Waals surface area contributed by atoms with Gasteiger partial charge in [0.25, 0.3) is 5.82 Å². The number of rotatable bonds is 4. The Bertz CT molecular complexity index is 1190. The van der Waals surface area contributed by atoms with Crippen molar-refractivity contribution in [1.29, 1.82) is 0 Å². The maximum absolute atomic E-state index is 13.7. The van der Waals surface area contributed by atoms with E-state index in [9.17, 15) is 9.90 Å². The summed E-state index contributed by atoms with van der Waals surface area (Å²) in [7, 11) is 0. The highest BCUT2D eigenvalue weighted by Gasteiger charge is 2.42. The minimum absolute atomic E-state index is 0.242. The van der Waals surface area contributed by atoms with Crippen LogP contribution in [0, 0.1) is 0 Å². The first kappa shape index (κ1) is 20.6. The first-order chi connectivity index (χ1) is 15.0. The van der Waals surface area contributed by atoms with E-state index in [4.69, 9.17) is 16.4 Å². The maximum Gasteiger partial charge on any atom is 0.324 e. The van der Waals surface area contributed by atoms with Crippen molar-refractivity contribution in [1.82, 2.24) is 4.98 Å². The van der Waals surface area contributed by atoms with Crippen LogP contribution in [0.1, 0.15) is 39.2 Å². The molecule has 0 N–H and O–H groups in total. The quantitative estimate of drug-likeness (QED) is 0.494. The van der Waals surface area contributed by atoms with Crippen molar-refractivity contribution in [3.05, 3.63) is 75.3 Å². The summed E-state index contributed by atoms with van der Waals surface area (Å²) in [4.78, 5) is 25.4. The zero-order valence-electron chi connectivity index (χ0n) is 16.0. The molecule has 3 aromatic rings. The molecule has 2 aromatic heterocycles. The predicted molar refractivity (Wildman–Crippen MR) is 118 cm³/mol. The molecule has 3 atom stereocenters. The third-order valence-electron chi connectivity index (χ3n) is 5.35. The fourth-order valence-corrected chi connectivity index (χ4v) is 5.27. The van der Waals surface area contributed by atoms with Crippen molar-refractivity contribution in [3.8, 4) is 0 Å². The molecule has 0 fully saturated rings. The van der Waals surface area contributed by atoms with E-state index in [1.54, 1.807) is 34.0 Å². The molecule has 3 unspecified atom stereocenters. The van der Waals surface area contributed by atoms with Crippen LogP contribution in [0.5, 0.6) is 0 Å². The molecular formula is C21H16BrClN4O3S. The lowest BCUT2D eigenvalue weighted by molar-refractivity contribution is -0.578. The molecule has 10 heteroatoms. The summed E-state index contributed by atoms with van der Waals surface area (Å²) in [6, 6.07) is 12.8. The number of fused-ring (bicyclic) bond motifs is 1. The van der Waals surface area contributed by atoms with E-state index in [0.717, 1.165) is 15.1 Å². The number of hydrogen-bond donors (Lipinski definition) is 0. The molecule has 0 spiro atoms. The second kappa shape index (κ2) is 8.31. The first-order valence-corrected chi connectivity index (χ1v) is 11.6. The summed E-state index contributed by atoms with van der Waals surface area (Å²) in [6.07, 6.45) is 2.41. The van der Waals surface area contributed by atoms with Gasteiger partial charge in [-0.25, -0.2) is 9.78 Å². The zero-order valence-corrected chi connectivity index (χ0v) is 19.2. The molecule has 2 aliphatic heterocycles. The number of anilines is 1. The fourth-order valence-electron chi connectivity index (χ4n) is 3.92. The molecule has 0 saturated heterocycles. The third-order valence-corrected chi connectivity index (χ3v) is 6.92. The highest BCUT2D eigenvalue weighted by atomic mass is 79.9. The number of carbonyl (C=O) groups excluding carboxylic acids is 1. The van der Waals surface area contributed by atoms with E-state index in [-0.39, 0.29) is 12.0 Å². The third kappa shape index (κ3) is 3.87. The van der Waals surface area contributed by atoms with Crippen LogP contribution in [-0.2, 0) is 11.4 Å². The van der Waals surface area contributed by atoms with Crippen LogP contribution in [0.2, 0.25) is 4.47 Å².